The summed E-state index contributed by atoms with van der Waals surface area (Å²) in [5.41, 5.74) is 1.50. The van der Waals surface area contributed by atoms with Crippen molar-refractivity contribution in [2.75, 3.05) is 33.3 Å². The van der Waals surface area contributed by atoms with Crippen LogP contribution in [0.1, 0.15) is 29.3 Å². The predicted molar refractivity (Wildman–Crippen MR) is 113 cm³/mol. The van der Waals surface area contributed by atoms with E-state index in [1.165, 1.54) is 11.4 Å². The summed E-state index contributed by atoms with van der Waals surface area (Å²) in [7, 11) is -2.08. The monoisotopic (exact) mass is 436 g/mol. The average Bonchev–Trinajstić information content (AvgIpc) is 2.74. The van der Waals surface area contributed by atoms with Crippen LogP contribution in [0.15, 0.2) is 47.4 Å². The Bertz CT molecular complexity index is 969. The van der Waals surface area contributed by atoms with Gasteiger partial charge < -0.3 is 9.64 Å². The Morgan fingerprint density at radius 2 is 1.72 bits per heavy atom. The number of piperazine rings is 1. The van der Waals surface area contributed by atoms with Gasteiger partial charge in [-0.2, -0.15) is 4.31 Å². The smallest absolute Gasteiger partial charge is 0.257 e. The molecule has 1 aliphatic heterocycles. The molecule has 0 bridgehead atoms. The Hall–Kier alpha value is -2.09. The van der Waals surface area contributed by atoms with Gasteiger partial charge in [0.15, 0.2) is 0 Å². The molecule has 0 aliphatic carbocycles. The van der Waals surface area contributed by atoms with Crippen LogP contribution in [0.5, 0.6) is 5.75 Å². The lowest BCUT2D eigenvalue weighted by Gasteiger charge is -2.34. The summed E-state index contributed by atoms with van der Waals surface area (Å²) < 4.78 is 32.6. The molecule has 1 heterocycles. The Kier molecular flexibility index (Phi) is 6.82. The van der Waals surface area contributed by atoms with Crippen LogP contribution in [-0.2, 0) is 16.4 Å². The minimum atomic E-state index is -3.58. The second kappa shape index (κ2) is 9.15. The molecule has 3 rings (SSSR count). The molecule has 1 aliphatic rings. The zero-order valence-electron chi connectivity index (χ0n) is 16.6. The van der Waals surface area contributed by atoms with Gasteiger partial charge in [-0.3, -0.25) is 4.79 Å². The third-order valence-corrected chi connectivity index (χ3v) is 7.17. The van der Waals surface area contributed by atoms with Gasteiger partial charge in [0.25, 0.3) is 5.91 Å². The predicted octanol–water partition coefficient (Wildman–Crippen LogP) is 3.45. The van der Waals surface area contributed by atoms with E-state index >= 15 is 0 Å². The van der Waals surface area contributed by atoms with E-state index in [9.17, 15) is 13.2 Å². The third kappa shape index (κ3) is 4.74. The average molecular weight is 437 g/mol. The molecule has 1 amide bonds. The molecule has 29 heavy (non-hydrogen) atoms. The summed E-state index contributed by atoms with van der Waals surface area (Å²) in [5.74, 6) is 0.229. The lowest BCUT2D eigenvalue weighted by Crippen LogP contribution is -2.50. The summed E-state index contributed by atoms with van der Waals surface area (Å²) in [5, 5.41) is 0.446. The highest BCUT2D eigenvalue weighted by atomic mass is 35.5. The number of ether oxygens (including phenoxy) is 1. The summed E-state index contributed by atoms with van der Waals surface area (Å²) in [6.45, 7) is 3.19. The normalized spacial score (nSPS) is 15.3. The van der Waals surface area contributed by atoms with E-state index in [0.717, 1.165) is 18.4 Å². The molecule has 1 fully saturated rings. The van der Waals surface area contributed by atoms with Gasteiger partial charge in [-0.15, -0.1) is 0 Å². The summed E-state index contributed by atoms with van der Waals surface area (Å²) in [6.07, 6.45) is 1.94. The number of benzene rings is 2. The molecule has 2 aromatic carbocycles. The fourth-order valence-corrected chi connectivity index (χ4v) is 5.01. The van der Waals surface area contributed by atoms with E-state index < -0.39 is 10.0 Å². The van der Waals surface area contributed by atoms with Crippen molar-refractivity contribution in [1.29, 1.82) is 0 Å². The molecule has 0 unspecified atom stereocenters. The number of aryl methyl sites for hydroxylation is 1. The maximum atomic E-state index is 12.9. The number of sulfonamides is 1. The van der Waals surface area contributed by atoms with Gasteiger partial charge in [-0.05, 0) is 42.3 Å². The van der Waals surface area contributed by atoms with E-state index in [2.05, 4.69) is 6.92 Å². The van der Waals surface area contributed by atoms with E-state index in [0.29, 0.717) is 29.4 Å². The first-order valence-corrected chi connectivity index (χ1v) is 11.4. The highest BCUT2D eigenvalue weighted by Gasteiger charge is 2.31. The zero-order chi connectivity index (χ0) is 21.0. The molecule has 2 aromatic rings. The molecule has 1 saturated heterocycles. The lowest BCUT2D eigenvalue weighted by molar-refractivity contribution is 0.0694. The first kappa shape index (κ1) is 21.6. The molecule has 6 nitrogen and oxygen atoms in total. The van der Waals surface area contributed by atoms with Crippen LogP contribution in [0.3, 0.4) is 0 Å². The van der Waals surface area contributed by atoms with E-state index in [-0.39, 0.29) is 23.9 Å². The molecular formula is C21H25ClN2O4S. The van der Waals surface area contributed by atoms with Crippen molar-refractivity contribution in [1.82, 2.24) is 9.21 Å². The summed E-state index contributed by atoms with van der Waals surface area (Å²) in [6, 6.07) is 11.9. The van der Waals surface area contributed by atoms with Crippen molar-refractivity contribution in [3.8, 4) is 5.75 Å². The number of hydrogen-bond acceptors (Lipinski definition) is 4. The van der Waals surface area contributed by atoms with Gasteiger partial charge in [0.1, 0.15) is 5.75 Å². The molecule has 0 N–H and O–H groups in total. The van der Waals surface area contributed by atoms with Crippen molar-refractivity contribution in [2.24, 2.45) is 0 Å². The van der Waals surface area contributed by atoms with Gasteiger partial charge in [-0.1, -0.05) is 37.1 Å². The highest BCUT2D eigenvalue weighted by molar-refractivity contribution is 7.89. The largest absolute Gasteiger partial charge is 0.496 e. The second-order valence-corrected chi connectivity index (χ2v) is 9.31. The fourth-order valence-electron chi connectivity index (χ4n) is 3.42. The van der Waals surface area contributed by atoms with Crippen LogP contribution in [-0.4, -0.2) is 56.8 Å². The number of methoxy groups -OCH3 is 1. The van der Waals surface area contributed by atoms with Crippen LogP contribution >= 0.6 is 11.6 Å². The molecule has 0 spiro atoms. The number of halogens is 1. The number of hydrogen-bond donors (Lipinski definition) is 0. The minimum Gasteiger partial charge on any atom is -0.496 e. The fraction of sp³-hybridized carbons (Fsp3) is 0.381. The van der Waals surface area contributed by atoms with Crippen molar-refractivity contribution in [3.63, 3.8) is 0 Å². The third-order valence-electron chi connectivity index (χ3n) is 5.02. The molecule has 0 saturated carbocycles. The second-order valence-electron chi connectivity index (χ2n) is 6.93. The van der Waals surface area contributed by atoms with Crippen LogP contribution in [0.4, 0.5) is 0 Å². The Morgan fingerprint density at radius 3 is 2.31 bits per heavy atom. The molecule has 156 valence electrons. The molecule has 0 radical (unpaired) electrons. The topological polar surface area (TPSA) is 66.9 Å². The summed E-state index contributed by atoms with van der Waals surface area (Å²) in [4.78, 5) is 14.8. The number of rotatable bonds is 6. The van der Waals surface area contributed by atoms with Gasteiger partial charge >= 0.3 is 0 Å². The van der Waals surface area contributed by atoms with E-state index in [4.69, 9.17) is 16.3 Å². The van der Waals surface area contributed by atoms with Crippen LogP contribution in [0, 0.1) is 0 Å². The van der Waals surface area contributed by atoms with Crippen molar-refractivity contribution >= 4 is 27.5 Å². The molecule has 8 heteroatoms. The first-order valence-electron chi connectivity index (χ1n) is 9.58. The van der Waals surface area contributed by atoms with Crippen LogP contribution < -0.4 is 4.74 Å². The number of amides is 1. The highest BCUT2D eigenvalue weighted by Crippen LogP contribution is 2.25. The Labute approximate surface area is 177 Å². The van der Waals surface area contributed by atoms with Crippen molar-refractivity contribution in [2.45, 2.75) is 24.7 Å². The van der Waals surface area contributed by atoms with Gasteiger partial charge in [0.05, 0.1) is 17.6 Å². The standard InChI is InChI=1S/C21H25ClN2O4S/c1-3-4-16-5-8-18(9-6-16)29(26,27)24-13-11-23(12-14-24)21(25)19-15-17(22)7-10-20(19)28-2/h5-10,15H,3-4,11-14H2,1-2H3. The zero-order valence-corrected chi connectivity index (χ0v) is 18.2. The Balaban J connectivity index is 1.69. The summed E-state index contributed by atoms with van der Waals surface area (Å²) >= 11 is 6.02. The maximum absolute atomic E-state index is 12.9. The lowest BCUT2D eigenvalue weighted by atomic mass is 10.1. The SMILES string of the molecule is CCCc1ccc(S(=O)(=O)N2CCN(C(=O)c3cc(Cl)ccc3OC)CC2)cc1. The molecule has 0 aromatic heterocycles. The van der Waals surface area contributed by atoms with Crippen LogP contribution in [0.25, 0.3) is 0 Å². The first-order chi connectivity index (χ1) is 13.9. The minimum absolute atomic E-state index is 0.217. The van der Waals surface area contributed by atoms with Gasteiger partial charge in [-0.25, -0.2) is 8.42 Å². The van der Waals surface area contributed by atoms with Crippen molar-refractivity contribution in [3.05, 3.63) is 58.6 Å². The number of nitrogens with zero attached hydrogens (tertiary/aromatic N) is 2. The maximum Gasteiger partial charge on any atom is 0.257 e. The van der Waals surface area contributed by atoms with Crippen molar-refractivity contribution < 1.29 is 17.9 Å². The van der Waals surface area contributed by atoms with Gasteiger partial charge in [0.2, 0.25) is 10.0 Å². The quantitative estimate of drug-likeness (QED) is 0.695. The van der Waals surface area contributed by atoms with Crippen LogP contribution in [0.2, 0.25) is 5.02 Å². The van der Waals surface area contributed by atoms with E-state index in [1.807, 2.05) is 12.1 Å². The van der Waals surface area contributed by atoms with E-state index in [1.54, 1.807) is 35.2 Å². The number of carbonyl (C=O) groups excluding carboxylic acids is 1. The van der Waals surface area contributed by atoms with Gasteiger partial charge in [0, 0.05) is 31.2 Å². The molecule has 0 atom stereocenters. The number of carbonyl (C=O) groups is 1. The Morgan fingerprint density at radius 1 is 1.07 bits per heavy atom. The molecular weight excluding hydrogens is 412 g/mol.